The molecule has 0 aliphatic heterocycles. The fraction of sp³-hybridized carbons (Fsp3) is 0.0877. The Bertz CT molecular complexity index is 3020. The average Bonchev–Trinajstić information content (AvgIpc) is 3.97. The molecule has 4 aliphatic carbocycles. The molecule has 0 amide bonds. The first-order chi connectivity index (χ1) is 29.3. The lowest BCUT2D eigenvalue weighted by atomic mass is 9.70. The highest BCUT2D eigenvalue weighted by Gasteiger charge is 2.51. The van der Waals surface area contributed by atoms with Gasteiger partial charge in [-0.15, -0.1) is 0 Å². The number of para-hydroxylation sites is 1. The number of aromatic nitrogens is 1. The summed E-state index contributed by atoms with van der Waals surface area (Å²) in [7, 11) is 0. The van der Waals surface area contributed by atoms with Gasteiger partial charge in [0.1, 0.15) is 0 Å². The molecule has 8 aromatic rings. The molecule has 7 aromatic carbocycles. The van der Waals surface area contributed by atoms with E-state index in [1.165, 1.54) is 94.8 Å². The normalized spacial score (nSPS) is 16.8. The van der Waals surface area contributed by atoms with Crippen LogP contribution in [0.15, 0.2) is 218 Å². The van der Waals surface area contributed by atoms with E-state index in [0.717, 1.165) is 19.3 Å². The van der Waals surface area contributed by atoms with Crippen molar-refractivity contribution in [1.29, 1.82) is 0 Å². The second kappa shape index (κ2) is 13.5. The number of hydrogen-bond donors (Lipinski definition) is 0. The van der Waals surface area contributed by atoms with Crippen molar-refractivity contribution in [3.8, 4) is 27.9 Å². The molecule has 0 saturated carbocycles. The van der Waals surface area contributed by atoms with Gasteiger partial charge in [-0.3, -0.25) is 0 Å². The van der Waals surface area contributed by atoms with Crippen LogP contribution < -0.4 is 4.90 Å². The summed E-state index contributed by atoms with van der Waals surface area (Å²) in [5.74, 6) is 0. The minimum absolute atomic E-state index is 0.181. The van der Waals surface area contributed by atoms with Gasteiger partial charge in [0.05, 0.1) is 17.0 Å². The first kappa shape index (κ1) is 33.9. The van der Waals surface area contributed by atoms with Crippen molar-refractivity contribution in [1.82, 2.24) is 4.57 Å². The van der Waals surface area contributed by atoms with Gasteiger partial charge in [0, 0.05) is 23.3 Å². The Kier molecular flexibility index (Phi) is 7.74. The third kappa shape index (κ3) is 5.19. The van der Waals surface area contributed by atoms with Crippen LogP contribution in [0.2, 0.25) is 0 Å². The first-order valence-corrected chi connectivity index (χ1v) is 21.0. The van der Waals surface area contributed by atoms with Crippen molar-refractivity contribution in [2.45, 2.75) is 30.7 Å². The van der Waals surface area contributed by atoms with E-state index in [0.29, 0.717) is 0 Å². The van der Waals surface area contributed by atoms with Crippen LogP contribution in [0.25, 0.3) is 50.0 Å². The Morgan fingerprint density at radius 2 is 1.17 bits per heavy atom. The Morgan fingerprint density at radius 1 is 0.525 bits per heavy atom. The van der Waals surface area contributed by atoms with Gasteiger partial charge in [-0.1, -0.05) is 164 Å². The number of rotatable bonds is 6. The van der Waals surface area contributed by atoms with Gasteiger partial charge in [0.2, 0.25) is 0 Å². The van der Waals surface area contributed by atoms with Crippen molar-refractivity contribution < 1.29 is 0 Å². The Labute approximate surface area is 346 Å². The molecule has 1 spiro atoms. The number of allylic oxidation sites excluding steroid dienone is 6. The number of benzene rings is 7. The number of hydrogen-bond acceptors (Lipinski definition) is 1. The highest BCUT2D eigenvalue weighted by molar-refractivity contribution is 5.96. The van der Waals surface area contributed by atoms with Crippen molar-refractivity contribution in [2.75, 3.05) is 4.90 Å². The molecule has 2 nitrogen and oxygen atoms in total. The monoisotopic (exact) mass is 754 g/mol. The molecular formula is C57H42N2. The highest BCUT2D eigenvalue weighted by atomic mass is 15.2. The summed E-state index contributed by atoms with van der Waals surface area (Å²) in [6.45, 7) is 0. The van der Waals surface area contributed by atoms with Crippen LogP contribution in [0.4, 0.5) is 5.69 Å². The molecule has 0 N–H and O–H groups in total. The summed E-state index contributed by atoms with van der Waals surface area (Å²) in [4.78, 5) is 2.64. The van der Waals surface area contributed by atoms with E-state index in [1.54, 1.807) is 0 Å². The predicted octanol–water partition coefficient (Wildman–Crippen LogP) is 14.0. The van der Waals surface area contributed by atoms with Crippen LogP contribution >= 0.6 is 0 Å². The van der Waals surface area contributed by atoms with Crippen LogP contribution in [0.5, 0.6) is 0 Å². The fourth-order valence-corrected chi connectivity index (χ4v) is 10.7. The zero-order chi connectivity index (χ0) is 38.9. The summed E-state index contributed by atoms with van der Waals surface area (Å²) in [5.41, 5.74) is 20.7. The van der Waals surface area contributed by atoms with E-state index < -0.39 is 0 Å². The van der Waals surface area contributed by atoms with E-state index in [1.807, 2.05) is 0 Å². The van der Waals surface area contributed by atoms with E-state index in [-0.39, 0.29) is 11.5 Å². The molecule has 280 valence electrons. The highest BCUT2D eigenvalue weighted by Crippen LogP contribution is 2.63. The maximum absolute atomic E-state index is 2.64. The third-order valence-corrected chi connectivity index (χ3v) is 13.3. The zero-order valence-electron chi connectivity index (χ0n) is 32.8. The SMILES string of the molecule is C1=CC(N(C2=CC=C(c3ccc(-n4ccc5ccccc54)cc3)CC2)c2ccc3c(c2)C2(c4ccccc4-c4ccccc42)c2ccccc2-3)CC=C1c1ccccc1. The lowest BCUT2D eigenvalue weighted by Crippen LogP contribution is -2.35. The van der Waals surface area contributed by atoms with Gasteiger partial charge in [-0.05, 0) is 134 Å². The van der Waals surface area contributed by atoms with E-state index in [4.69, 9.17) is 0 Å². The molecule has 12 rings (SSSR count). The van der Waals surface area contributed by atoms with E-state index >= 15 is 0 Å². The molecule has 0 saturated heterocycles. The van der Waals surface area contributed by atoms with Crippen molar-refractivity contribution in [2.24, 2.45) is 0 Å². The largest absolute Gasteiger partial charge is 0.338 e. The zero-order valence-corrected chi connectivity index (χ0v) is 32.8. The molecule has 1 heterocycles. The summed E-state index contributed by atoms with van der Waals surface area (Å²) in [5, 5.41) is 1.26. The molecule has 1 unspecified atom stereocenters. The Morgan fingerprint density at radius 3 is 1.83 bits per heavy atom. The topological polar surface area (TPSA) is 8.17 Å². The standard InChI is InChI=1S/C57H42N2/c1-2-12-39(13-3-1)40-24-30-45(31-25-40)59(46-32-26-42(27-33-46)41-22-28-44(29-23-41)58-37-36-43-14-4-11-21-56(43)58)47-34-35-51-50-17-7-10-20-54(50)57(55(51)38-47)52-18-8-5-15-48(52)49-16-6-9-19-53(49)57/h1-26,28-30,32,34-38,45H,27,31,33H2. The summed E-state index contributed by atoms with van der Waals surface area (Å²) < 4.78 is 2.28. The lowest BCUT2D eigenvalue weighted by Gasteiger charge is -2.37. The third-order valence-electron chi connectivity index (χ3n) is 13.3. The maximum atomic E-state index is 2.64. The number of anilines is 1. The molecular weight excluding hydrogens is 713 g/mol. The second-order valence-corrected chi connectivity index (χ2v) is 16.3. The van der Waals surface area contributed by atoms with Gasteiger partial charge in [0.25, 0.3) is 0 Å². The van der Waals surface area contributed by atoms with E-state index in [2.05, 4.69) is 222 Å². The van der Waals surface area contributed by atoms with Crippen LogP contribution in [-0.4, -0.2) is 10.6 Å². The quantitative estimate of drug-likeness (QED) is 0.164. The molecule has 0 fully saturated rings. The van der Waals surface area contributed by atoms with Gasteiger partial charge < -0.3 is 9.47 Å². The van der Waals surface area contributed by atoms with Crippen LogP contribution in [0.1, 0.15) is 52.6 Å². The summed E-state index contributed by atoms with van der Waals surface area (Å²) in [6, 6.07) is 65.5. The van der Waals surface area contributed by atoms with E-state index in [9.17, 15) is 0 Å². The molecule has 1 atom stereocenters. The summed E-state index contributed by atoms with van der Waals surface area (Å²) in [6.07, 6.45) is 17.0. The van der Waals surface area contributed by atoms with Crippen LogP contribution in [0.3, 0.4) is 0 Å². The van der Waals surface area contributed by atoms with Gasteiger partial charge >= 0.3 is 0 Å². The molecule has 0 radical (unpaired) electrons. The van der Waals surface area contributed by atoms with Crippen molar-refractivity contribution >= 4 is 27.7 Å². The van der Waals surface area contributed by atoms with Crippen LogP contribution in [0, 0.1) is 0 Å². The molecule has 59 heavy (non-hydrogen) atoms. The van der Waals surface area contributed by atoms with Crippen LogP contribution in [-0.2, 0) is 5.41 Å². The van der Waals surface area contributed by atoms with Crippen molar-refractivity contribution in [3.05, 3.63) is 252 Å². The minimum Gasteiger partial charge on any atom is -0.338 e. The van der Waals surface area contributed by atoms with Gasteiger partial charge in [-0.25, -0.2) is 0 Å². The van der Waals surface area contributed by atoms with Gasteiger partial charge in [-0.2, -0.15) is 0 Å². The number of nitrogens with zero attached hydrogens (tertiary/aromatic N) is 2. The predicted molar refractivity (Wildman–Crippen MR) is 246 cm³/mol. The average molecular weight is 755 g/mol. The Balaban J connectivity index is 0.965. The lowest BCUT2D eigenvalue weighted by molar-refractivity contribution is 0.721. The molecule has 0 bridgehead atoms. The summed E-state index contributed by atoms with van der Waals surface area (Å²) >= 11 is 0. The van der Waals surface area contributed by atoms with Gasteiger partial charge in [0.15, 0.2) is 0 Å². The molecule has 2 heteroatoms. The second-order valence-electron chi connectivity index (χ2n) is 16.3. The first-order valence-electron chi connectivity index (χ1n) is 21.0. The fourth-order valence-electron chi connectivity index (χ4n) is 10.7. The van der Waals surface area contributed by atoms with Crippen molar-refractivity contribution in [3.63, 3.8) is 0 Å². The molecule has 1 aromatic heterocycles. The number of fused-ring (bicyclic) bond motifs is 11. The maximum Gasteiger partial charge on any atom is 0.0726 e. The molecule has 4 aliphatic rings. The smallest absolute Gasteiger partial charge is 0.0726 e. The Hall–Kier alpha value is -7.16. The minimum atomic E-state index is -0.378.